The van der Waals surface area contributed by atoms with Gasteiger partial charge in [-0.2, -0.15) is 0 Å². The number of hydrogen-bond donors (Lipinski definition) is 2. The van der Waals surface area contributed by atoms with Crippen molar-refractivity contribution in [1.82, 2.24) is 5.43 Å². The van der Waals surface area contributed by atoms with Crippen molar-refractivity contribution in [3.05, 3.63) is 57.5 Å². The van der Waals surface area contributed by atoms with Crippen LogP contribution < -0.4 is 11.3 Å². The van der Waals surface area contributed by atoms with E-state index in [-0.39, 0.29) is 6.04 Å². The SMILES string of the molecule is Cc1cccc(C)c1CC(NN)c1c(C)oc(C)c1C. The van der Waals surface area contributed by atoms with Gasteiger partial charge in [-0.1, -0.05) is 18.2 Å². The molecule has 1 aromatic heterocycles. The van der Waals surface area contributed by atoms with Crippen LogP contribution in [0.25, 0.3) is 0 Å². The standard InChI is InChI=1S/C17H24N2O/c1-10-7-6-8-11(2)15(10)9-16(19-18)17-12(3)13(4)20-14(17)5/h6-8,16,19H,9,18H2,1-5H3. The Morgan fingerprint density at radius 3 is 2.10 bits per heavy atom. The zero-order valence-electron chi connectivity index (χ0n) is 13.0. The van der Waals surface area contributed by atoms with Gasteiger partial charge in [0.25, 0.3) is 0 Å². The van der Waals surface area contributed by atoms with Gasteiger partial charge in [0.15, 0.2) is 0 Å². The predicted molar refractivity (Wildman–Crippen MR) is 82.6 cm³/mol. The third kappa shape index (κ3) is 2.65. The smallest absolute Gasteiger partial charge is 0.106 e. The maximum Gasteiger partial charge on any atom is 0.106 e. The fourth-order valence-corrected chi connectivity index (χ4v) is 2.94. The molecule has 0 aliphatic heterocycles. The van der Waals surface area contributed by atoms with Crippen molar-refractivity contribution < 1.29 is 4.42 Å². The van der Waals surface area contributed by atoms with Crippen molar-refractivity contribution in [2.75, 3.05) is 0 Å². The minimum absolute atomic E-state index is 0.0762. The lowest BCUT2D eigenvalue weighted by Crippen LogP contribution is -2.30. The van der Waals surface area contributed by atoms with Crippen LogP contribution >= 0.6 is 0 Å². The molecule has 3 heteroatoms. The first-order valence-electron chi connectivity index (χ1n) is 7.03. The van der Waals surface area contributed by atoms with E-state index in [0.717, 1.165) is 17.9 Å². The van der Waals surface area contributed by atoms with Crippen molar-refractivity contribution >= 4 is 0 Å². The highest BCUT2D eigenvalue weighted by Crippen LogP contribution is 2.30. The van der Waals surface area contributed by atoms with Crippen molar-refractivity contribution in [1.29, 1.82) is 0 Å². The Hall–Kier alpha value is -1.58. The summed E-state index contributed by atoms with van der Waals surface area (Å²) in [6.07, 6.45) is 0.871. The Morgan fingerprint density at radius 2 is 1.65 bits per heavy atom. The molecule has 1 heterocycles. The predicted octanol–water partition coefficient (Wildman–Crippen LogP) is 3.57. The van der Waals surface area contributed by atoms with E-state index in [1.165, 1.54) is 27.8 Å². The molecule has 1 aromatic carbocycles. The van der Waals surface area contributed by atoms with Gasteiger partial charge in [-0.15, -0.1) is 0 Å². The highest BCUT2D eigenvalue weighted by atomic mass is 16.3. The largest absolute Gasteiger partial charge is 0.466 e. The highest BCUT2D eigenvalue weighted by Gasteiger charge is 2.21. The monoisotopic (exact) mass is 272 g/mol. The molecule has 0 fully saturated rings. The van der Waals surface area contributed by atoms with Gasteiger partial charge < -0.3 is 4.42 Å². The number of nitrogens with two attached hydrogens (primary N) is 1. The average Bonchev–Trinajstić information content (AvgIpc) is 2.64. The zero-order valence-corrected chi connectivity index (χ0v) is 13.0. The average molecular weight is 272 g/mol. The molecule has 0 radical (unpaired) electrons. The Balaban J connectivity index is 2.39. The Bertz CT molecular complexity index is 593. The van der Waals surface area contributed by atoms with Crippen LogP contribution in [0.1, 0.15) is 45.4 Å². The molecule has 0 aliphatic carbocycles. The summed E-state index contributed by atoms with van der Waals surface area (Å²) in [5, 5.41) is 0. The summed E-state index contributed by atoms with van der Waals surface area (Å²) in [6.45, 7) is 10.4. The summed E-state index contributed by atoms with van der Waals surface area (Å²) in [5.74, 6) is 7.73. The molecule has 1 unspecified atom stereocenters. The second-order valence-corrected chi connectivity index (χ2v) is 5.55. The summed E-state index contributed by atoms with van der Waals surface area (Å²) in [7, 11) is 0. The van der Waals surface area contributed by atoms with E-state index in [9.17, 15) is 0 Å². The van der Waals surface area contributed by atoms with E-state index in [0.29, 0.717) is 0 Å². The van der Waals surface area contributed by atoms with E-state index in [1.807, 2.05) is 13.8 Å². The number of benzene rings is 1. The minimum atomic E-state index is 0.0762. The van der Waals surface area contributed by atoms with E-state index < -0.39 is 0 Å². The van der Waals surface area contributed by atoms with Crippen molar-refractivity contribution in [2.45, 2.75) is 47.1 Å². The lowest BCUT2D eigenvalue weighted by molar-refractivity contribution is 0.484. The molecule has 0 amide bonds. The van der Waals surface area contributed by atoms with Crippen molar-refractivity contribution in [3.8, 4) is 0 Å². The second kappa shape index (κ2) is 5.81. The highest BCUT2D eigenvalue weighted by molar-refractivity contribution is 5.39. The molecule has 20 heavy (non-hydrogen) atoms. The molecule has 3 nitrogen and oxygen atoms in total. The first-order valence-corrected chi connectivity index (χ1v) is 7.03. The molecule has 2 aromatic rings. The molecule has 0 aliphatic rings. The third-order valence-corrected chi connectivity index (χ3v) is 4.22. The summed E-state index contributed by atoms with van der Waals surface area (Å²) in [6, 6.07) is 6.47. The lowest BCUT2D eigenvalue weighted by atomic mass is 9.91. The molecule has 3 N–H and O–H groups in total. The Morgan fingerprint density at radius 1 is 1.05 bits per heavy atom. The van der Waals surface area contributed by atoms with Gasteiger partial charge in [-0.05, 0) is 63.3 Å². The van der Waals surface area contributed by atoms with Gasteiger partial charge in [0.2, 0.25) is 0 Å². The quantitative estimate of drug-likeness (QED) is 0.661. The number of nitrogens with one attached hydrogen (secondary N) is 1. The van der Waals surface area contributed by atoms with E-state index in [4.69, 9.17) is 10.3 Å². The molecular weight excluding hydrogens is 248 g/mol. The summed E-state index contributed by atoms with van der Waals surface area (Å²) < 4.78 is 5.73. The number of rotatable bonds is 4. The van der Waals surface area contributed by atoms with Gasteiger partial charge >= 0.3 is 0 Å². The molecule has 0 spiro atoms. The molecule has 0 bridgehead atoms. The first kappa shape index (κ1) is 14.8. The number of aryl methyl sites for hydroxylation is 4. The minimum Gasteiger partial charge on any atom is -0.466 e. The van der Waals surface area contributed by atoms with Crippen LogP contribution in [0.2, 0.25) is 0 Å². The van der Waals surface area contributed by atoms with Crippen molar-refractivity contribution in [3.63, 3.8) is 0 Å². The molecule has 2 rings (SSSR count). The van der Waals surface area contributed by atoms with Gasteiger partial charge in [0, 0.05) is 5.56 Å². The zero-order chi connectivity index (χ0) is 14.9. The fourth-order valence-electron chi connectivity index (χ4n) is 2.94. The first-order chi connectivity index (χ1) is 9.45. The number of hydrazine groups is 1. The Labute approximate surface area is 121 Å². The second-order valence-electron chi connectivity index (χ2n) is 5.55. The van der Waals surface area contributed by atoms with Gasteiger partial charge in [-0.25, -0.2) is 0 Å². The maximum absolute atomic E-state index is 5.81. The molecular formula is C17H24N2O. The van der Waals surface area contributed by atoms with Crippen molar-refractivity contribution in [2.24, 2.45) is 5.84 Å². The van der Waals surface area contributed by atoms with E-state index in [2.05, 4.69) is 44.4 Å². The third-order valence-electron chi connectivity index (χ3n) is 4.22. The normalized spacial score (nSPS) is 12.7. The van der Waals surface area contributed by atoms with Crippen LogP contribution in [0.4, 0.5) is 0 Å². The summed E-state index contributed by atoms with van der Waals surface area (Å²) in [4.78, 5) is 0. The van der Waals surface area contributed by atoms with Crippen LogP contribution in [0.5, 0.6) is 0 Å². The van der Waals surface area contributed by atoms with Crippen LogP contribution in [-0.2, 0) is 6.42 Å². The molecule has 0 saturated heterocycles. The maximum atomic E-state index is 5.81. The topological polar surface area (TPSA) is 51.2 Å². The molecule has 1 atom stereocenters. The molecule has 108 valence electrons. The van der Waals surface area contributed by atoms with Crippen LogP contribution in [-0.4, -0.2) is 0 Å². The number of hydrogen-bond acceptors (Lipinski definition) is 3. The molecule has 0 saturated carbocycles. The number of furan rings is 1. The summed E-state index contributed by atoms with van der Waals surface area (Å²) >= 11 is 0. The fraction of sp³-hybridized carbons (Fsp3) is 0.412. The Kier molecular flexibility index (Phi) is 4.31. The van der Waals surface area contributed by atoms with Gasteiger partial charge in [0.05, 0.1) is 6.04 Å². The lowest BCUT2D eigenvalue weighted by Gasteiger charge is -2.19. The summed E-state index contributed by atoms with van der Waals surface area (Å²) in [5.41, 5.74) is 9.30. The van der Waals surface area contributed by atoms with Crippen LogP contribution in [0, 0.1) is 34.6 Å². The van der Waals surface area contributed by atoms with Crippen LogP contribution in [0.3, 0.4) is 0 Å². The van der Waals surface area contributed by atoms with E-state index in [1.54, 1.807) is 0 Å². The van der Waals surface area contributed by atoms with Crippen LogP contribution in [0.15, 0.2) is 22.6 Å². The van der Waals surface area contributed by atoms with E-state index >= 15 is 0 Å². The van der Waals surface area contributed by atoms with Gasteiger partial charge in [-0.3, -0.25) is 11.3 Å². The van der Waals surface area contributed by atoms with Gasteiger partial charge in [0.1, 0.15) is 11.5 Å².